The smallest absolute Gasteiger partial charge is 0.165 e. The first kappa shape index (κ1) is 9.84. The zero-order chi connectivity index (χ0) is 10.2. The summed E-state index contributed by atoms with van der Waals surface area (Å²) in [5, 5.41) is 0. The van der Waals surface area contributed by atoms with Crippen LogP contribution in [-0.2, 0) is 4.75 Å². The Labute approximate surface area is 87.7 Å². The number of halogens is 1. The van der Waals surface area contributed by atoms with Gasteiger partial charge in [0.05, 0.1) is 7.11 Å². The predicted octanol–water partition coefficient (Wildman–Crippen LogP) is 3.19. The molecule has 76 valence electrons. The van der Waals surface area contributed by atoms with Gasteiger partial charge >= 0.3 is 0 Å². The first-order chi connectivity index (χ1) is 6.65. The molecular formula is C11H13FOS. The number of methoxy groups -OCH3 is 1. The third-order valence-corrected chi connectivity index (χ3v) is 4.25. The second kappa shape index (κ2) is 3.46. The van der Waals surface area contributed by atoms with Gasteiger partial charge in [0.2, 0.25) is 0 Å². The van der Waals surface area contributed by atoms with Gasteiger partial charge in [-0.3, -0.25) is 0 Å². The van der Waals surface area contributed by atoms with Crippen molar-refractivity contribution in [2.24, 2.45) is 0 Å². The molecule has 3 heteroatoms. The van der Waals surface area contributed by atoms with Gasteiger partial charge in [0.25, 0.3) is 0 Å². The maximum Gasteiger partial charge on any atom is 0.165 e. The Morgan fingerprint density at radius 3 is 2.64 bits per heavy atom. The van der Waals surface area contributed by atoms with Gasteiger partial charge in [-0.05, 0) is 36.8 Å². The van der Waals surface area contributed by atoms with E-state index in [2.05, 4.69) is 6.92 Å². The number of ether oxygens (including phenoxy) is 1. The molecule has 0 bridgehead atoms. The number of hydrogen-bond donors (Lipinski definition) is 0. The maximum absolute atomic E-state index is 13.4. The Morgan fingerprint density at radius 1 is 1.50 bits per heavy atom. The van der Waals surface area contributed by atoms with Crippen molar-refractivity contribution < 1.29 is 9.13 Å². The van der Waals surface area contributed by atoms with Crippen molar-refractivity contribution in [1.29, 1.82) is 0 Å². The molecular weight excluding hydrogens is 199 g/mol. The molecule has 0 amide bonds. The summed E-state index contributed by atoms with van der Waals surface area (Å²) in [6, 6.07) is 5.24. The number of rotatable bonds is 2. The third-order valence-electron chi connectivity index (χ3n) is 2.76. The van der Waals surface area contributed by atoms with Crippen molar-refractivity contribution in [2.45, 2.75) is 18.1 Å². The van der Waals surface area contributed by atoms with Gasteiger partial charge in [-0.25, -0.2) is 4.39 Å². The molecule has 0 spiro atoms. The Bertz CT molecular complexity index is 347. The maximum atomic E-state index is 13.4. The van der Waals surface area contributed by atoms with E-state index in [9.17, 15) is 4.39 Å². The molecule has 1 atom stereocenters. The SMILES string of the molecule is COc1ccc(C2(C)CCS2)cc1F. The lowest BCUT2D eigenvalue weighted by Gasteiger charge is -2.38. The minimum absolute atomic E-state index is 0.118. The largest absolute Gasteiger partial charge is 0.494 e. The van der Waals surface area contributed by atoms with E-state index in [0.29, 0.717) is 5.75 Å². The van der Waals surface area contributed by atoms with E-state index in [1.807, 2.05) is 17.8 Å². The van der Waals surface area contributed by atoms with Gasteiger partial charge in [-0.1, -0.05) is 6.07 Å². The molecule has 0 saturated carbocycles. The van der Waals surface area contributed by atoms with Crippen LogP contribution >= 0.6 is 11.8 Å². The molecule has 1 unspecified atom stereocenters. The highest BCUT2D eigenvalue weighted by Crippen LogP contribution is 2.49. The monoisotopic (exact) mass is 212 g/mol. The Morgan fingerprint density at radius 2 is 2.21 bits per heavy atom. The second-order valence-corrected chi connectivity index (χ2v) is 5.28. The van der Waals surface area contributed by atoms with E-state index in [-0.39, 0.29) is 10.6 Å². The molecule has 1 heterocycles. The molecule has 14 heavy (non-hydrogen) atoms. The van der Waals surface area contributed by atoms with Gasteiger partial charge < -0.3 is 4.74 Å². The zero-order valence-corrected chi connectivity index (χ0v) is 9.16. The number of thioether (sulfide) groups is 1. The highest BCUT2D eigenvalue weighted by molar-refractivity contribution is 8.01. The molecule has 1 aromatic carbocycles. The summed E-state index contributed by atoms with van der Waals surface area (Å²) >= 11 is 1.88. The van der Waals surface area contributed by atoms with E-state index in [1.54, 1.807) is 12.1 Å². The van der Waals surface area contributed by atoms with Crippen LogP contribution in [0, 0.1) is 5.82 Å². The molecule has 1 saturated heterocycles. The van der Waals surface area contributed by atoms with E-state index in [4.69, 9.17) is 4.74 Å². The molecule has 0 radical (unpaired) electrons. The molecule has 0 aliphatic carbocycles. The van der Waals surface area contributed by atoms with Crippen LogP contribution in [-0.4, -0.2) is 12.9 Å². The van der Waals surface area contributed by atoms with Crippen molar-refractivity contribution in [3.63, 3.8) is 0 Å². The second-order valence-electron chi connectivity index (χ2n) is 3.68. The average Bonchev–Trinajstić information content (AvgIpc) is 2.14. The standard InChI is InChI=1S/C11H13FOS/c1-11(5-6-14-11)8-3-4-10(13-2)9(12)7-8/h3-4,7H,5-6H2,1-2H3. The predicted molar refractivity (Wildman–Crippen MR) is 57.4 cm³/mol. The summed E-state index contributed by atoms with van der Waals surface area (Å²) in [6.07, 6.45) is 1.13. The van der Waals surface area contributed by atoms with Crippen LogP contribution in [0.2, 0.25) is 0 Å². The van der Waals surface area contributed by atoms with Crippen LogP contribution in [0.1, 0.15) is 18.9 Å². The first-order valence-electron chi connectivity index (χ1n) is 4.64. The number of hydrogen-bond acceptors (Lipinski definition) is 2. The lowest BCUT2D eigenvalue weighted by Crippen LogP contribution is -2.27. The van der Waals surface area contributed by atoms with Crippen LogP contribution in [0.5, 0.6) is 5.75 Å². The van der Waals surface area contributed by atoms with Gasteiger partial charge in [-0.15, -0.1) is 0 Å². The highest BCUT2D eigenvalue weighted by Gasteiger charge is 2.34. The Hall–Kier alpha value is -0.700. The Kier molecular flexibility index (Phi) is 2.43. The van der Waals surface area contributed by atoms with Crippen molar-refractivity contribution >= 4 is 11.8 Å². The van der Waals surface area contributed by atoms with Crippen LogP contribution in [0.3, 0.4) is 0 Å². The fourth-order valence-electron chi connectivity index (χ4n) is 1.63. The lowest BCUT2D eigenvalue weighted by molar-refractivity contribution is 0.385. The molecule has 1 aliphatic rings. The van der Waals surface area contributed by atoms with Gasteiger partial charge in [0.1, 0.15) is 0 Å². The van der Waals surface area contributed by atoms with Crippen LogP contribution < -0.4 is 4.74 Å². The van der Waals surface area contributed by atoms with Crippen molar-refractivity contribution in [1.82, 2.24) is 0 Å². The zero-order valence-electron chi connectivity index (χ0n) is 8.34. The summed E-state index contributed by atoms with van der Waals surface area (Å²) in [5.41, 5.74) is 1.06. The summed E-state index contributed by atoms with van der Waals surface area (Å²) in [4.78, 5) is 0. The fourth-order valence-corrected chi connectivity index (χ4v) is 2.74. The van der Waals surface area contributed by atoms with Gasteiger partial charge in [-0.2, -0.15) is 11.8 Å². The van der Waals surface area contributed by atoms with Crippen LogP contribution in [0.25, 0.3) is 0 Å². The number of benzene rings is 1. The van der Waals surface area contributed by atoms with Crippen LogP contribution in [0.4, 0.5) is 4.39 Å². The summed E-state index contributed by atoms with van der Waals surface area (Å²) in [5.74, 6) is 1.23. The lowest BCUT2D eigenvalue weighted by atomic mass is 9.96. The Balaban J connectivity index is 2.32. The highest BCUT2D eigenvalue weighted by atomic mass is 32.2. The van der Waals surface area contributed by atoms with Gasteiger partial charge in [0, 0.05) is 4.75 Å². The topological polar surface area (TPSA) is 9.23 Å². The normalized spacial score (nSPS) is 25.6. The van der Waals surface area contributed by atoms with Crippen molar-refractivity contribution in [3.05, 3.63) is 29.6 Å². The third kappa shape index (κ3) is 1.50. The fraction of sp³-hybridized carbons (Fsp3) is 0.455. The quantitative estimate of drug-likeness (QED) is 0.744. The molecule has 1 nitrogen and oxygen atoms in total. The van der Waals surface area contributed by atoms with E-state index >= 15 is 0 Å². The molecule has 2 rings (SSSR count). The van der Waals surface area contributed by atoms with E-state index in [1.165, 1.54) is 12.9 Å². The van der Waals surface area contributed by atoms with E-state index in [0.717, 1.165) is 12.0 Å². The first-order valence-corrected chi connectivity index (χ1v) is 5.62. The summed E-state index contributed by atoms with van der Waals surface area (Å²) in [7, 11) is 1.48. The molecule has 1 aliphatic heterocycles. The summed E-state index contributed by atoms with van der Waals surface area (Å²) < 4.78 is 18.4. The minimum Gasteiger partial charge on any atom is -0.494 e. The van der Waals surface area contributed by atoms with Gasteiger partial charge in [0.15, 0.2) is 11.6 Å². The van der Waals surface area contributed by atoms with Crippen LogP contribution in [0.15, 0.2) is 18.2 Å². The minimum atomic E-state index is -0.265. The molecule has 0 N–H and O–H groups in total. The summed E-state index contributed by atoms with van der Waals surface area (Å²) in [6.45, 7) is 2.16. The molecule has 1 fully saturated rings. The van der Waals surface area contributed by atoms with Crippen molar-refractivity contribution in [3.8, 4) is 5.75 Å². The average molecular weight is 212 g/mol. The molecule has 1 aromatic rings. The van der Waals surface area contributed by atoms with E-state index < -0.39 is 0 Å². The molecule has 0 aromatic heterocycles. The van der Waals surface area contributed by atoms with Crippen molar-refractivity contribution in [2.75, 3.05) is 12.9 Å².